The van der Waals surface area contributed by atoms with Crippen LogP contribution in [0, 0.1) is 27.7 Å². The fourth-order valence-electron chi connectivity index (χ4n) is 3.24. The van der Waals surface area contributed by atoms with E-state index in [9.17, 15) is 9.59 Å². The number of nitrogens with zero attached hydrogens (tertiary/aromatic N) is 1. The highest BCUT2D eigenvalue weighted by Gasteiger charge is 2.16. The SMILES string of the molecule is Cc1cc(C)c(NC(=O)CN(C)C(=O)COc2cc(C(C)C)ccc2C)c(C)c1. The van der Waals surface area contributed by atoms with Crippen molar-refractivity contribution in [2.75, 3.05) is 25.5 Å². The molecule has 0 unspecified atom stereocenters. The Morgan fingerprint density at radius 3 is 2.21 bits per heavy atom. The molecule has 0 atom stereocenters. The van der Waals surface area contributed by atoms with Crippen molar-refractivity contribution in [1.29, 1.82) is 0 Å². The molecule has 0 radical (unpaired) electrons. The fraction of sp³-hybridized carbons (Fsp3) is 0.417. The molecular weight excluding hydrogens is 364 g/mol. The first-order chi connectivity index (χ1) is 13.6. The molecule has 0 bridgehead atoms. The van der Waals surface area contributed by atoms with Gasteiger partial charge in [-0.1, -0.05) is 43.7 Å². The lowest BCUT2D eigenvalue weighted by molar-refractivity contribution is -0.135. The van der Waals surface area contributed by atoms with E-state index in [-0.39, 0.29) is 25.0 Å². The Morgan fingerprint density at radius 2 is 1.62 bits per heavy atom. The Balaban J connectivity index is 1.94. The van der Waals surface area contributed by atoms with Gasteiger partial charge in [-0.25, -0.2) is 0 Å². The van der Waals surface area contributed by atoms with Crippen molar-refractivity contribution in [2.45, 2.75) is 47.5 Å². The number of rotatable bonds is 7. The topological polar surface area (TPSA) is 58.6 Å². The van der Waals surface area contributed by atoms with Gasteiger partial charge in [0, 0.05) is 12.7 Å². The molecule has 0 fully saturated rings. The number of hydrogen-bond acceptors (Lipinski definition) is 3. The molecule has 1 N–H and O–H groups in total. The summed E-state index contributed by atoms with van der Waals surface area (Å²) >= 11 is 0. The Labute approximate surface area is 174 Å². The van der Waals surface area contributed by atoms with E-state index in [4.69, 9.17) is 4.74 Å². The molecule has 2 aromatic carbocycles. The van der Waals surface area contributed by atoms with Gasteiger partial charge in [-0.2, -0.15) is 0 Å². The summed E-state index contributed by atoms with van der Waals surface area (Å²) in [4.78, 5) is 26.2. The van der Waals surface area contributed by atoms with Crippen molar-refractivity contribution >= 4 is 17.5 Å². The third-order valence-corrected chi connectivity index (χ3v) is 4.98. The molecule has 0 aliphatic carbocycles. The van der Waals surface area contributed by atoms with Gasteiger partial charge in [-0.05, 0) is 61.9 Å². The average molecular weight is 397 g/mol. The van der Waals surface area contributed by atoms with E-state index in [2.05, 4.69) is 25.2 Å². The van der Waals surface area contributed by atoms with Crippen LogP contribution in [-0.4, -0.2) is 36.9 Å². The van der Waals surface area contributed by atoms with Gasteiger partial charge in [-0.15, -0.1) is 0 Å². The lowest BCUT2D eigenvalue weighted by atomic mass is 10.0. The molecule has 0 heterocycles. The van der Waals surface area contributed by atoms with E-state index >= 15 is 0 Å². The zero-order valence-corrected chi connectivity index (χ0v) is 18.6. The van der Waals surface area contributed by atoms with Crippen LogP contribution in [0.15, 0.2) is 30.3 Å². The Morgan fingerprint density at radius 1 is 1.00 bits per heavy atom. The normalized spacial score (nSPS) is 10.8. The van der Waals surface area contributed by atoms with E-state index in [1.165, 1.54) is 4.90 Å². The Hall–Kier alpha value is -2.82. The maximum atomic E-state index is 12.4. The van der Waals surface area contributed by atoms with Crippen molar-refractivity contribution in [3.05, 3.63) is 58.1 Å². The lowest BCUT2D eigenvalue weighted by Gasteiger charge is -2.19. The molecule has 2 rings (SSSR count). The van der Waals surface area contributed by atoms with Crippen LogP contribution in [0.4, 0.5) is 5.69 Å². The number of anilines is 1. The van der Waals surface area contributed by atoms with Crippen LogP contribution < -0.4 is 10.1 Å². The predicted molar refractivity (Wildman–Crippen MR) is 118 cm³/mol. The summed E-state index contributed by atoms with van der Waals surface area (Å²) in [6.45, 7) is 12.0. The molecule has 5 heteroatoms. The molecule has 2 amide bonds. The zero-order chi connectivity index (χ0) is 21.7. The minimum atomic E-state index is -0.244. The number of carbonyl (C=O) groups excluding carboxylic acids is 2. The quantitative estimate of drug-likeness (QED) is 0.749. The highest BCUT2D eigenvalue weighted by atomic mass is 16.5. The van der Waals surface area contributed by atoms with Gasteiger partial charge in [-0.3, -0.25) is 9.59 Å². The Kier molecular flexibility index (Phi) is 7.43. The largest absolute Gasteiger partial charge is 0.483 e. The minimum Gasteiger partial charge on any atom is -0.483 e. The van der Waals surface area contributed by atoms with Crippen LogP contribution in [0.3, 0.4) is 0 Å². The van der Waals surface area contributed by atoms with Gasteiger partial charge in [0.25, 0.3) is 5.91 Å². The molecule has 2 aromatic rings. The minimum absolute atomic E-state index is 0.0278. The van der Waals surface area contributed by atoms with E-state index in [0.717, 1.165) is 33.5 Å². The van der Waals surface area contributed by atoms with Crippen LogP contribution in [0.5, 0.6) is 5.75 Å². The van der Waals surface area contributed by atoms with Crippen LogP contribution in [0.25, 0.3) is 0 Å². The van der Waals surface area contributed by atoms with Gasteiger partial charge in [0.1, 0.15) is 5.75 Å². The molecule has 0 aliphatic rings. The summed E-state index contributed by atoms with van der Waals surface area (Å²) in [6.07, 6.45) is 0. The van der Waals surface area contributed by atoms with Crippen LogP contribution in [-0.2, 0) is 9.59 Å². The molecule has 0 saturated carbocycles. The summed E-state index contributed by atoms with van der Waals surface area (Å²) in [6, 6.07) is 10.1. The second kappa shape index (κ2) is 9.59. The van der Waals surface area contributed by atoms with Crippen LogP contribution in [0.2, 0.25) is 0 Å². The number of aryl methyl sites for hydroxylation is 4. The molecule has 0 aliphatic heterocycles. The maximum absolute atomic E-state index is 12.4. The summed E-state index contributed by atoms with van der Waals surface area (Å²) in [7, 11) is 1.61. The van der Waals surface area contributed by atoms with Crippen molar-refractivity contribution in [3.8, 4) is 5.75 Å². The summed E-state index contributed by atoms with van der Waals surface area (Å²) in [5.41, 5.74) is 6.11. The first-order valence-electron chi connectivity index (χ1n) is 9.93. The predicted octanol–water partition coefficient (Wildman–Crippen LogP) is 4.52. The van der Waals surface area contributed by atoms with Crippen molar-refractivity contribution in [3.63, 3.8) is 0 Å². The van der Waals surface area contributed by atoms with Crippen molar-refractivity contribution in [2.24, 2.45) is 0 Å². The van der Waals surface area contributed by atoms with Crippen molar-refractivity contribution < 1.29 is 14.3 Å². The van der Waals surface area contributed by atoms with Gasteiger partial charge in [0.2, 0.25) is 5.91 Å². The van der Waals surface area contributed by atoms with Crippen LogP contribution in [0.1, 0.15) is 47.6 Å². The molecule has 0 aromatic heterocycles. The zero-order valence-electron chi connectivity index (χ0n) is 18.6. The fourth-order valence-corrected chi connectivity index (χ4v) is 3.24. The molecule has 5 nitrogen and oxygen atoms in total. The highest BCUT2D eigenvalue weighted by molar-refractivity contribution is 5.95. The molecule has 0 spiro atoms. The summed E-state index contributed by atoms with van der Waals surface area (Å²) in [5, 5.41) is 2.92. The number of benzene rings is 2. The van der Waals surface area contributed by atoms with E-state index in [1.54, 1.807) is 7.05 Å². The number of amides is 2. The van der Waals surface area contributed by atoms with E-state index < -0.39 is 0 Å². The van der Waals surface area contributed by atoms with Crippen molar-refractivity contribution in [1.82, 2.24) is 4.90 Å². The number of ether oxygens (including phenoxy) is 1. The van der Waals surface area contributed by atoms with E-state index in [0.29, 0.717) is 11.7 Å². The van der Waals surface area contributed by atoms with Gasteiger partial charge >= 0.3 is 0 Å². The lowest BCUT2D eigenvalue weighted by Crippen LogP contribution is -2.37. The number of nitrogens with one attached hydrogen (secondary N) is 1. The maximum Gasteiger partial charge on any atom is 0.260 e. The van der Waals surface area contributed by atoms with Crippen LogP contribution >= 0.6 is 0 Å². The van der Waals surface area contributed by atoms with E-state index in [1.807, 2.05) is 52.0 Å². The second-order valence-electron chi connectivity index (χ2n) is 8.04. The average Bonchev–Trinajstić information content (AvgIpc) is 2.63. The standard InChI is InChI=1S/C24H32N2O3/c1-15(2)20-9-8-17(4)21(12-20)29-14-23(28)26(7)13-22(27)25-24-18(5)10-16(3)11-19(24)6/h8-12,15H,13-14H2,1-7H3,(H,25,27). The first kappa shape index (κ1) is 22.5. The molecular formula is C24H32N2O3. The number of hydrogen-bond donors (Lipinski definition) is 1. The first-order valence-corrected chi connectivity index (χ1v) is 9.93. The summed E-state index contributed by atoms with van der Waals surface area (Å²) in [5.74, 6) is 0.614. The number of likely N-dealkylation sites (N-methyl/N-ethyl adjacent to an activating group) is 1. The number of carbonyl (C=O) groups is 2. The molecule has 156 valence electrons. The molecule has 0 saturated heterocycles. The third kappa shape index (κ3) is 6.08. The third-order valence-electron chi connectivity index (χ3n) is 4.98. The van der Waals surface area contributed by atoms with Gasteiger partial charge in [0.15, 0.2) is 6.61 Å². The highest BCUT2D eigenvalue weighted by Crippen LogP contribution is 2.24. The smallest absolute Gasteiger partial charge is 0.260 e. The van der Waals surface area contributed by atoms with Gasteiger partial charge in [0.05, 0.1) is 6.54 Å². The second-order valence-corrected chi connectivity index (χ2v) is 8.04. The Bertz CT molecular complexity index is 880. The van der Waals surface area contributed by atoms with Gasteiger partial charge < -0.3 is 15.0 Å². The molecule has 29 heavy (non-hydrogen) atoms. The summed E-state index contributed by atoms with van der Waals surface area (Å²) < 4.78 is 5.74. The monoisotopic (exact) mass is 396 g/mol.